The van der Waals surface area contributed by atoms with Crippen molar-refractivity contribution in [1.29, 1.82) is 0 Å². The van der Waals surface area contributed by atoms with Crippen molar-refractivity contribution in [3.63, 3.8) is 0 Å². The van der Waals surface area contributed by atoms with Crippen molar-refractivity contribution in [3.05, 3.63) is 29.8 Å². The molecule has 0 bridgehead atoms. The van der Waals surface area contributed by atoms with Gasteiger partial charge in [-0.05, 0) is 24.1 Å². The lowest BCUT2D eigenvalue weighted by atomic mass is 10.1. The van der Waals surface area contributed by atoms with Crippen molar-refractivity contribution in [2.45, 2.75) is 38.8 Å². The summed E-state index contributed by atoms with van der Waals surface area (Å²) in [6.07, 6.45) is 3.49. The smallest absolute Gasteiger partial charge is 0.0343 e. The van der Waals surface area contributed by atoms with Gasteiger partial charge in [-0.1, -0.05) is 31.9 Å². The van der Waals surface area contributed by atoms with Gasteiger partial charge in [0.05, 0.1) is 0 Å². The fourth-order valence-corrected chi connectivity index (χ4v) is 1.63. The zero-order valence-electron chi connectivity index (χ0n) is 10.1. The van der Waals surface area contributed by atoms with Gasteiger partial charge >= 0.3 is 0 Å². The van der Waals surface area contributed by atoms with E-state index in [1.54, 1.807) is 0 Å². The van der Waals surface area contributed by atoms with E-state index in [1.165, 1.54) is 12.8 Å². The summed E-state index contributed by atoms with van der Waals surface area (Å²) in [5.41, 5.74) is 13.8. The molecular weight excluding hydrogens is 198 g/mol. The Morgan fingerprint density at radius 1 is 1.38 bits per heavy atom. The Kier molecular flexibility index (Phi) is 5.90. The van der Waals surface area contributed by atoms with Gasteiger partial charge in [0, 0.05) is 24.8 Å². The van der Waals surface area contributed by atoms with Gasteiger partial charge < -0.3 is 16.8 Å². The second kappa shape index (κ2) is 7.25. The second-order valence-corrected chi connectivity index (χ2v) is 4.19. The van der Waals surface area contributed by atoms with Crippen LogP contribution in [0.3, 0.4) is 0 Å². The Labute approximate surface area is 98.2 Å². The molecule has 0 fully saturated rings. The third kappa shape index (κ3) is 4.64. The van der Waals surface area contributed by atoms with E-state index in [1.807, 2.05) is 18.2 Å². The van der Waals surface area contributed by atoms with Gasteiger partial charge in [-0.3, -0.25) is 0 Å². The molecule has 0 aliphatic carbocycles. The average Bonchev–Trinajstić information content (AvgIpc) is 2.34. The lowest BCUT2D eigenvalue weighted by Crippen LogP contribution is -2.28. The van der Waals surface area contributed by atoms with Crippen LogP contribution in [-0.2, 0) is 6.54 Å². The lowest BCUT2D eigenvalue weighted by molar-refractivity contribution is 0.596. The number of hydrogen-bond acceptors (Lipinski definition) is 3. The van der Waals surface area contributed by atoms with E-state index < -0.39 is 0 Å². The Hall–Kier alpha value is -1.06. The molecule has 0 heterocycles. The van der Waals surface area contributed by atoms with Crippen LogP contribution in [0.2, 0.25) is 0 Å². The van der Waals surface area contributed by atoms with Gasteiger partial charge in [0.25, 0.3) is 0 Å². The molecule has 3 heteroatoms. The number of rotatable bonds is 7. The highest BCUT2D eigenvalue weighted by Crippen LogP contribution is 2.10. The zero-order chi connectivity index (χ0) is 11.8. The monoisotopic (exact) mass is 221 g/mol. The van der Waals surface area contributed by atoms with Crippen molar-refractivity contribution in [2.24, 2.45) is 11.5 Å². The summed E-state index contributed by atoms with van der Waals surface area (Å²) in [5, 5.41) is 3.35. The fraction of sp³-hybridized carbons (Fsp3) is 0.538. The van der Waals surface area contributed by atoms with Crippen LogP contribution in [0.15, 0.2) is 24.3 Å². The first-order chi connectivity index (χ1) is 7.76. The van der Waals surface area contributed by atoms with Gasteiger partial charge in [-0.2, -0.15) is 0 Å². The Bertz CT molecular complexity index is 299. The van der Waals surface area contributed by atoms with E-state index in [4.69, 9.17) is 11.5 Å². The van der Waals surface area contributed by atoms with E-state index in [2.05, 4.69) is 18.3 Å². The number of anilines is 1. The van der Waals surface area contributed by atoms with Crippen LogP contribution < -0.4 is 16.8 Å². The summed E-state index contributed by atoms with van der Waals surface area (Å²) < 4.78 is 0. The highest BCUT2D eigenvalue weighted by atomic mass is 14.9. The highest BCUT2D eigenvalue weighted by molar-refractivity contribution is 5.45. The molecule has 16 heavy (non-hydrogen) atoms. The molecule has 0 aromatic heterocycles. The normalized spacial score (nSPS) is 12.4. The minimum absolute atomic E-state index is 0.237. The molecule has 1 aromatic rings. The minimum Gasteiger partial charge on any atom is -0.383 e. The fourth-order valence-electron chi connectivity index (χ4n) is 1.63. The van der Waals surface area contributed by atoms with Gasteiger partial charge in [-0.25, -0.2) is 0 Å². The summed E-state index contributed by atoms with van der Waals surface area (Å²) in [7, 11) is 0. The summed E-state index contributed by atoms with van der Waals surface area (Å²) in [6.45, 7) is 3.59. The van der Waals surface area contributed by atoms with E-state index in [9.17, 15) is 0 Å². The molecule has 0 aliphatic rings. The number of nitrogens with two attached hydrogens (primary N) is 2. The maximum atomic E-state index is 5.99. The van der Waals surface area contributed by atoms with E-state index in [-0.39, 0.29) is 6.04 Å². The van der Waals surface area contributed by atoms with E-state index in [0.717, 1.165) is 24.2 Å². The molecule has 1 unspecified atom stereocenters. The van der Waals surface area contributed by atoms with Gasteiger partial charge in [0.15, 0.2) is 0 Å². The van der Waals surface area contributed by atoms with Crippen molar-refractivity contribution < 1.29 is 0 Å². The minimum atomic E-state index is 0.237. The van der Waals surface area contributed by atoms with Crippen molar-refractivity contribution in [1.82, 2.24) is 0 Å². The van der Waals surface area contributed by atoms with Gasteiger partial charge in [-0.15, -0.1) is 0 Å². The zero-order valence-corrected chi connectivity index (χ0v) is 10.1. The van der Waals surface area contributed by atoms with E-state index >= 15 is 0 Å². The highest BCUT2D eigenvalue weighted by Gasteiger charge is 2.01. The third-order valence-corrected chi connectivity index (χ3v) is 2.66. The number of benzene rings is 1. The molecular formula is C13H23N3. The standard InChI is InChI=1S/C13H23N3/c1-2-3-6-12(15)10-16-13-7-4-5-11(8-13)9-14/h4-5,7-8,12,16H,2-3,6,9-10,14-15H2,1H3. The molecule has 0 spiro atoms. The predicted octanol–water partition coefficient (Wildman–Crippen LogP) is 2.07. The van der Waals surface area contributed by atoms with Crippen LogP contribution in [-0.4, -0.2) is 12.6 Å². The maximum Gasteiger partial charge on any atom is 0.0343 e. The van der Waals surface area contributed by atoms with Crippen molar-refractivity contribution in [2.75, 3.05) is 11.9 Å². The third-order valence-electron chi connectivity index (χ3n) is 2.66. The topological polar surface area (TPSA) is 64.1 Å². The van der Waals surface area contributed by atoms with Crippen LogP contribution >= 0.6 is 0 Å². The molecule has 0 aliphatic heterocycles. The quantitative estimate of drug-likeness (QED) is 0.660. The summed E-state index contributed by atoms with van der Waals surface area (Å²) in [4.78, 5) is 0. The van der Waals surface area contributed by atoms with Crippen LogP contribution in [0.5, 0.6) is 0 Å². The number of hydrogen-bond donors (Lipinski definition) is 3. The van der Waals surface area contributed by atoms with Crippen molar-refractivity contribution >= 4 is 5.69 Å². The molecule has 0 amide bonds. The predicted molar refractivity (Wildman–Crippen MR) is 70.3 cm³/mol. The molecule has 90 valence electrons. The van der Waals surface area contributed by atoms with Gasteiger partial charge in [0.2, 0.25) is 0 Å². The first-order valence-electron chi connectivity index (χ1n) is 6.04. The van der Waals surface area contributed by atoms with Crippen LogP contribution in [0.25, 0.3) is 0 Å². The van der Waals surface area contributed by atoms with Gasteiger partial charge in [0.1, 0.15) is 0 Å². The van der Waals surface area contributed by atoms with Crippen LogP contribution in [0.4, 0.5) is 5.69 Å². The summed E-state index contributed by atoms with van der Waals surface area (Å²) in [6, 6.07) is 8.41. The summed E-state index contributed by atoms with van der Waals surface area (Å²) >= 11 is 0. The first-order valence-corrected chi connectivity index (χ1v) is 6.04. The molecule has 1 aromatic carbocycles. The number of unbranched alkanes of at least 4 members (excludes halogenated alkanes) is 1. The maximum absolute atomic E-state index is 5.99. The molecule has 5 N–H and O–H groups in total. The molecule has 1 atom stereocenters. The molecule has 0 saturated heterocycles. The molecule has 1 rings (SSSR count). The summed E-state index contributed by atoms with van der Waals surface area (Å²) in [5.74, 6) is 0. The number of nitrogens with one attached hydrogen (secondary N) is 1. The average molecular weight is 221 g/mol. The Morgan fingerprint density at radius 2 is 2.19 bits per heavy atom. The van der Waals surface area contributed by atoms with E-state index in [0.29, 0.717) is 6.54 Å². The van der Waals surface area contributed by atoms with Crippen LogP contribution in [0, 0.1) is 0 Å². The first kappa shape index (κ1) is 13.0. The molecule has 0 radical (unpaired) electrons. The Balaban J connectivity index is 2.35. The largest absolute Gasteiger partial charge is 0.383 e. The lowest BCUT2D eigenvalue weighted by Gasteiger charge is -2.13. The Morgan fingerprint density at radius 3 is 2.88 bits per heavy atom. The second-order valence-electron chi connectivity index (χ2n) is 4.19. The van der Waals surface area contributed by atoms with Crippen LogP contribution in [0.1, 0.15) is 31.7 Å². The van der Waals surface area contributed by atoms with Crippen molar-refractivity contribution in [3.8, 4) is 0 Å². The SMILES string of the molecule is CCCCC(N)CNc1cccc(CN)c1. The molecule has 3 nitrogen and oxygen atoms in total. The molecule has 0 saturated carbocycles.